The Morgan fingerprint density at radius 3 is 2.91 bits per heavy atom. The highest BCUT2D eigenvalue weighted by atomic mass is 16.5. The van der Waals surface area contributed by atoms with Crippen molar-refractivity contribution in [2.75, 3.05) is 25.1 Å². The molecule has 0 saturated carbocycles. The molecule has 6 heterocycles. The molecule has 180 valence electrons. The van der Waals surface area contributed by atoms with Crippen molar-refractivity contribution >= 4 is 17.6 Å². The van der Waals surface area contributed by atoms with Crippen LogP contribution in [0.25, 0.3) is 11.5 Å². The molecule has 1 N–H and O–H groups in total. The summed E-state index contributed by atoms with van der Waals surface area (Å²) in [6, 6.07) is 7.56. The van der Waals surface area contributed by atoms with Gasteiger partial charge in [-0.1, -0.05) is 6.07 Å². The van der Waals surface area contributed by atoms with Gasteiger partial charge in [-0.25, -0.2) is 4.98 Å². The van der Waals surface area contributed by atoms with Crippen LogP contribution >= 0.6 is 0 Å². The molecule has 35 heavy (non-hydrogen) atoms. The fourth-order valence-corrected chi connectivity index (χ4v) is 5.15. The molecule has 10 nitrogen and oxygen atoms in total. The van der Waals surface area contributed by atoms with E-state index in [9.17, 15) is 9.59 Å². The zero-order chi connectivity index (χ0) is 23.9. The summed E-state index contributed by atoms with van der Waals surface area (Å²) >= 11 is 0. The lowest BCUT2D eigenvalue weighted by Crippen LogP contribution is -2.40. The average Bonchev–Trinajstić information content (AvgIpc) is 3.63. The number of nitrogens with zero attached hydrogens (tertiary/aromatic N) is 6. The molecule has 3 aromatic heterocycles. The van der Waals surface area contributed by atoms with Crippen LogP contribution in [0.5, 0.6) is 0 Å². The molecule has 3 aromatic rings. The normalized spacial score (nSPS) is 21.0. The highest BCUT2D eigenvalue weighted by Gasteiger charge is 2.30. The average molecular weight is 474 g/mol. The van der Waals surface area contributed by atoms with E-state index in [4.69, 9.17) is 4.74 Å². The number of nitrogens with one attached hydrogen (secondary N) is 1. The van der Waals surface area contributed by atoms with Gasteiger partial charge in [0.05, 0.1) is 12.5 Å². The fraction of sp³-hybridized carbons (Fsp3) is 0.440. The molecule has 3 aliphatic heterocycles. The predicted octanol–water partition coefficient (Wildman–Crippen LogP) is 2.42. The maximum Gasteiger partial charge on any atom is 0.275 e. The summed E-state index contributed by atoms with van der Waals surface area (Å²) in [5, 5.41) is 11.5. The molecule has 0 radical (unpaired) electrons. The van der Waals surface area contributed by atoms with Crippen LogP contribution in [0, 0.1) is 5.92 Å². The van der Waals surface area contributed by atoms with Crippen LogP contribution in [0.1, 0.15) is 53.2 Å². The largest absolute Gasteiger partial charge is 0.381 e. The van der Waals surface area contributed by atoms with Gasteiger partial charge >= 0.3 is 0 Å². The Bertz CT molecular complexity index is 1300. The van der Waals surface area contributed by atoms with E-state index in [0.29, 0.717) is 55.4 Å². The van der Waals surface area contributed by atoms with Crippen molar-refractivity contribution in [3.8, 4) is 11.5 Å². The number of amides is 2. The number of carbonyl (C=O) groups excluding carboxylic acids is 2. The highest BCUT2D eigenvalue weighted by Crippen LogP contribution is 2.30. The van der Waals surface area contributed by atoms with Gasteiger partial charge in [-0.05, 0) is 55.5 Å². The lowest BCUT2D eigenvalue weighted by molar-refractivity contribution is -0.136. The van der Waals surface area contributed by atoms with Crippen molar-refractivity contribution < 1.29 is 14.3 Å². The van der Waals surface area contributed by atoms with Crippen molar-refractivity contribution in [3.05, 3.63) is 53.1 Å². The van der Waals surface area contributed by atoms with Crippen LogP contribution in [0.15, 0.2) is 30.5 Å². The second kappa shape index (κ2) is 8.84. The molecule has 10 heteroatoms. The van der Waals surface area contributed by atoms with Crippen LogP contribution in [-0.2, 0) is 28.9 Å². The smallest absolute Gasteiger partial charge is 0.275 e. The lowest BCUT2D eigenvalue weighted by atomic mass is 9.99. The minimum Gasteiger partial charge on any atom is -0.381 e. The van der Waals surface area contributed by atoms with Gasteiger partial charge in [-0.3, -0.25) is 14.6 Å². The second-order valence-corrected chi connectivity index (χ2v) is 9.47. The Balaban J connectivity index is 1.18. The summed E-state index contributed by atoms with van der Waals surface area (Å²) < 4.78 is 7.49. The second-order valence-electron chi connectivity index (χ2n) is 9.47. The van der Waals surface area contributed by atoms with E-state index in [0.717, 1.165) is 42.6 Å². The van der Waals surface area contributed by atoms with Crippen LogP contribution in [0.4, 0.5) is 5.82 Å². The number of aromatic nitrogens is 5. The maximum absolute atomic E-state index is 13.0. The number of carbonyl (C=O) groups is 2. The summed E-state index contributed by atoms with van der Waals surface area (Å²) in [7, 11) is 0. The maximum atomic E-state index is 13.0. The molecule has 0 aromatic carbocycles. The van der Waals surface area contributed by atoms with Gasteiger partial charge in [0.15, 0.2) is 5.82 Å². The summed E-state index contributed by atoms with van der Waals surface area (Å²) in [5.74, 6) is 1.83. The van der Waals surface area contributed by atoms with Gasteiger partial charge in [-0.15, -0.1) is 10.2 Å². The van der Waals surface area contributed by atoms with Gasteiger partial charge in [-0.2, -0.15) is 0 Å². The van der Waals surface area contributed by atoms with E-state index < -0.39 is 0 Å². The zero-order valence-corrected chi connectivity index (χ0v) is 19.6. The molecule has 3 aliphatic rings. The molecule has 2 atom stereocenters. The number of hydrogen-bond donors (Lipinski definition) is 1. The van der Waals surface area contributed by atoms with Crippen molar-refractivity contribution in [2.45, 2.75) is 45.2 Å². The predicted molar refractivity (Wildman–Crippen MR) is 127 cm³/mol. The van der Waals surface area contributed by atoms with E-state index >= 15 is 0 Å². The van der Waals surface area contributed by atoms with Crippen LogP contribution in [-0.4, -0.2) is 61.2 Å². The molecule has 0 unspecified atom stereocenters. The monoisotopic (exact) mass is 473 g/mol. The molecule has 1 saturated heterocycles. The zero-order valence-electron chi connectivity index (χ0n) is 19.6. The first-order valence-electron chi connectivity index (χ1n) is 12.1. The van der Waals surface area contributed by atoms with Gasteiger partial charge in [0.25, 0.3) is 5.91 Å². The third-order valence-electron chi connectivity index (χ3n) is 7.13. The third kappa shape index (κ3) is 4.07. The SMILES string of the molecule is C[C@H]1CCc2nnc(-c3cccc(NC(=O)c4cc5c(cn4)CCN(C(=O)[C@@H]4CCOC4)C5)n3)n21. The molecule has 0 aliphatic carbocycles. The first kappa shape index (κ1) is 21.8. The Morgan fingerprint density at radius 2 is 2.06 bits per heavy atom. The van der Waals surface area contributed by atoms with Crippen LogP contribution in [0.2, 0.25) is 0 Å². The number of ether oxygens (including phenoxy) is 1. The minimum absolute atomic E-state index is 0.0611. The number of fused-ring (bicyclic) bond motifs is 2. The van der Waals surface area contributed by atoms with E-state index in [1.807, 2.05) is 17.0 Å². The van der Waals surface area contributed by atoms with E-state index in [1.54, 1.807) is 18.3 Å². The summed E-state index contributed by atoms with van der Waals surface area (Å²) in [5.41, 5.74) is 2.99. The Hall–Kier alpha value is -3.66. The summed E-state index contributed by atoms with van der Waals surface area (Å²) in [6.45, 7) is 4.43. The molecule has 1 fully saturated rings. The van der Waals surface area contributed by atoms with Gasteiger partial charge in [0.1, 0.15) is 23.0 Å². The first-order valence-corrected chi connectivity index (χ1v) is 12.1. The topological polar surface area (TPSA) is 115 Å². The minimum atomic E-state index is -0.343. The van der Waals surface area contributed by atoms with Gasteiger partial charge in [0.2, 0.25) is 5.91 Å². The number of aryl methyl sites for hydroxylation is 1. The van der Waals surface area contributed by atoms with Crippen LogP contribution in [0.3, 0.4) is 0 Å². The van der Waals surface area contributed by atoms with Crippen molar-refractivity contribution in [1.29, 1.82) is 0 Å². The third-order valence-corrected chi connectivity index (χ3v) is 7.13. The Morgan fingerprint density at radius 1 is 1.14 bits per heavy atom. The van der Waals surface area contributed by atoms with Crippen LogP contribution < -0.4 is 5.32 Å². The van der Waals surface area contributed by atoms with E-state index in [2.05, 4.69) is 37.0 Å². The number of anilines is 1. The quantitative estimate of drug-likeness (QED) is 0.619. The van der Waals surface area contributed by atoms with Gasteiger partial charge in [0, 0.05) is 38.4 Å². The number of rotatable bonds is 4. The van der Waals surface area contributed by atoms with Crippen molar-refractivity contribution in [3.63, 3.8) is 0 Å². The Kier molecular flexibility index (Phi) is 5.52. The first-order chi connectivity index (χ1) is 17.1. The molecule has 0 bridgehead atoms. The highest BCUT2D eigenvalue weighted by molar-refractivity contribution is 6.02. The lowest BCUT2D eigenvalue weighted by Gasteiger charge is -2.30. The Labute approximate surface area is 202 Å². The molecule has 2 amide bonds. The molecule has 6 rings (SSSR count). The van der Waals surface area contributed by atoms with Gasteiger partial charge < -0.3 is 19.5 Å². The van der Waals surface area contributed by atoms with Crippen molar-refractivity contribution in [1.82, 2.24) is 29.6 Å². The number of pyridine rings is 2. The molecular weight excluding hydrogens is 446 g/mol. The fourth-order valence-electron chi connectivity index (χ4n) is 5.15. The van der Waals surface area contributed by atoms with Crippen molar-refractivity contribution in [2.24, 2.45) is 5.92 Å². The molecule has 0 spiro atoms. The molecular formula is C25H27N7O3. The van der Waals surface area contributed by atoms with E-state index in [1.165, 1.54) is 0 Å². The van der Waals surface area contributed by atoms with E-state index in [-0.39, 0.29) is 17.7 Å². The number of hydrogen-bond acceptors (Lipinski definition) is 7. The summed E-state index contributed by atoms with van der Waals surface area (Å²) in [6.07, 6.45) is 5.19. The standard InChI is InChI=1S/C25H27N7O3/c1-15-5-6-22-29-30-23(32(15)22)19-3-2-4-21(27-19)28-24(33)20-11-18-13-31(9-7-16(18)12-26-20)25(34)17-8-10-35-14-17/h2-4,11-12,15,17H,5-10,13-14H2,1H3,(H,27,28,33)/t15-,17+/m0/s1. The summed E-state index contributed by atoms with van der Waals surface area (Å²) in [4.78, 5) is 36.7.